The minimum atomic E-state index is -0.389. The number of nitrogens with one attached hydrogen (secondary N) is 1. The first-order chi connectivity index (χ1) is 10.7. The number of hydrogen-bond acceptors (Lipinski definition) is 4. The predicted molar refractivity (Wildman–Crippen MR) is 87.8 cm³/mol. The molecule has 1 N–H and O–H groups in total. The molecule has 0 atom stereocenters. The van der Waals surface area contributed by atoms with Crippen molar-refractivity contribution in [3.8, 4) is 0 Å². The van der Waals surface area contributed by atoms with E-state index in [0.717, 1.165) is 11.1 Å². The lowest BCUT2D eigenvalue weighted by Gasteiger charge is -2.12. The smallest absolute Gasteiger partial charge is 0.339 e. The third-order valence-corrected chi connectivity index (χ3v) is 3.63. The molecular formula is C17H13ClN2O2. The highest BCUT2D eigenvalue weighted by atomic mass is 35.5. The zero-order chi connectivity index (χ0) is 15.5. The van der Waals surface area contributed by atoms with E-state index in [1.807, 2.05) is 30.3 Å². The number of carbonyl (C=O) groups is 1. The number of carbonyl (C=O) groups excluding carboxylic acids is 1. The van der Waals surface area contributed by atoms with Crippen LogP contribution in [0.1, 0.15) is 10.4 Å². The highest BCUT2D eigenvalue weighted by Crippen LogP contribution is 2.30. The van der Waals surface area contributed by atoms with Gasteiger partial charge in [-0.1, -0.05) is 35.9 Å². The molecule has 4 nitrogen and oxygen atoms in total. The van der Waals surface area contributed by atoms with Gasteiger partial charge in [0.2, 0.25) is 0 Å². The lowest BCUT2D eigenvalue weighted by molar-refractivity contribution is 0.0602. The topological polar surface area (TPSA) is 51.2 Å². The van der Waals surface area contributed by atoms with Crippen LogP contribution in [0, 0.1) is 0 Å². The summed E-state index contributed by atoms with van der Waals surface area (Å²) in [7, 11) is 1.36. The number of pyridine rings is 1. The van der Waals surface area contributed by atoms with Crippen LogP contribution in [0.15, 0.2) is 54.7 Å². The molecule has 110 valence electrons. The summed E-state index contributed by atoms with van der Waals surface area (Å²) < 4.78 is 4.81. The van der Waals surface area contributed by atoms with E-state index >= 15 is 0 Å². The summed E-state index contributed by atoms with van der Waals surface area (Å²) >= 11 is 6.17. The van der Waals surface area contributed by atoms with Gasteiger partial charge in [0.05, 0.1) is 28.9 Å². The quantitative estimate of drug-likeness (QED) is 0.727. The van der Waals surface area contributed by atoms with Gasteiger partial charge in [-0.2, -0.15) is 0 Å². The van der Waals surface area contributed by atoms with Crippen LogP contribution in [0.25, 0.3) is 10.9 Å². The number of para-hydroxylation sites is 2. The second-order valence-electron chi connectivity index (χ2n) is 4.66. The number of esters is 1. The average molecular weight is 313 g/mol. The summed E-state index contributed by atoms with van der Waals surface area (Å²) in [5.74, 6) is -0.389. The first-order valence-corrected chi connectivity index (χ1v) is 7.06. The monoisotopic (exact) mass is 312 g/mol. The lowest BCUT2D eigenvalue weighted by atomic mass is 10.1. The second-order valence-corrected chi connectivity index (χ2v) is 5.06. The van der Waals surface area contributed by atoms with E-state index in [0.29, 0.717) is 21.8 Å². The molecule has 0 aliphatic carbocycles. The molecule has 0 spiro atoms. The van der Waals surface area contributed by atoms with Gasteiger partial charge in [-0.15, -0.1) is 0 Å². The van der Waals surface area contributed by atoms with Crippen molar-refractivity contribution in [2.45, 2.75) is 0 Å². The van der Waals surface area contributed by atoms with Crippen LogP contribution in [0.5, 0.6) is 0 Å². The van der Waals surface area contributed by atoms with E-state index in [1.165, 1.54) is 7.11 Å². The largest absolute Gasteiger partial charge is 0.465 e. The van der Waals surface area contributed by atoms with Crippen molar-refractivity contribution in [2.75, 3.05) is 12.4 Å². The Morgan fingerprint density at radius 3 is 2.73 bits per heavy atom. The van der Waals surface area contributed by atoms with Crippen molar-refractivity contribution in [3.63, 3.8) is 0 Å². The van der Waals surface area contributed by atoms with E-state index in [-0.39, 0.29) is 5.97 Å². The highest BCUT2D eigenvalue weighted by molar-refractivity contribution is 6.35. The van der Waals surface area contributed by atoms with Crippen molar-refractivity contribution in [1.82, 2.24) is 4.98 Å². The number of fused-ring (bicyclic) bond motifs is 1. The SMILES string of the molecule is COC(=O)c1ccccc1Nc1ccnc2c(Cl)cccc12. The number of benzene rings is 2. The number of ether oxygens (including phenoxy) is 1. The second kappa shape index (κ2) is 6.03. The van der Waals surface area contributed by atoms with Gasteiger partial charge in [-0.25, -0.2) is 4.79 Å². The molecule has 0 aliphatic heterocycles. The third-order valence-electron chi connectivity index (χ3n) is 3.32. The summed E-state index contributed by atoms with van der Waals surface area (Å²) in [5.41, 5.74) is 2.67. The Morgan fingerprint density at radius 1 is 1.09 bits per heavy atom. The summed E-state index contributed by atoms with van der Waals surface area (Å²) in [6, 6.07) is 14.6. The van der Waals surface area contributed by atoms with E-state index in [1.54, 1.807) is 24.4 Å². The van der Waals surface area contributed by atoms with Gasteiger partial charge in [0.1, 0.15) is 0 Å². The number of hydrogen-bond donors (Lipinski definition) is 1. The Bertz CT molecular complexity index is 849. The van der Waals surface area contributed by atoms with Gasteiger partial charge in [-0.05, 0) is 24.3 Å². The van der Waals surface area contributed by atoms with Crippen LogP contribution in [-0.2, 0) is 4.74 Å². The molecule has 0 saturated heterocycles. The molecule has 0 aliphatic rings. The minimum absolute atomic E-state index is 0.389. The van der Waals surface area contributed by atoms with Gasteiger partial charge >= 0.3 is 5.97 Å². The molecule has 0 unspecified atom stereocenters. The number of aromatic nitrogens is 1. The van der Waals surface area contributed by atoms with Gasteiger partial charge in [0.15, 0.2) is 0 Å². The van der Waals surface area contributed by atoms with Gasteiger partial charge in [0, 0.05) is 17.3 Å². The van der Waals surface area contributed by atoms with Gasteiger partial charge in [-0.3, -0.25) is 4.98 Å². The summed E-state index contributed by atoms with van der Waals surface area (Å²) in [6.45, 7) is 0. The van der Waals surface area contributed by atoms with Crippen molar-refractivity contribution >= 4 is 39.8 Å². The zero-order valence-corrected chi connectivity index (χ0v) is 12.6. The Kier molecular flexibility index (Phi) is 3.94. The van der Waals surface area contributed by atoms with Gasteiger partial charge in [0.25, 0.3) is 0 Å². The number of methoxy groups -OCH3 is 1. The molecule has 22 heavy (non-hydrogen) atoms. The molecular weight excluding hydrogens is 300 g/mol. The zero-order valence-electron chi connectivity index (χ0n) is 11.8. The fourth-order valence-electron chi connectivity index (χ4n) is 2.27. The molecule has 1 aromatic heterocycles. The molecule has 0 fully saturated rings. The Hall–Kier alpha value is -2.59. The van der Waals surface area contributed by atoms with Crippen molar-refractivity contribution in [3.05, 3.63) is 65.3 Å². The maximum atomic E-state index is 11.8. The maximum Gasteiger partial charge on any atom is 0.339 e. The minimum Gasteiger partial charge on any atom is -0.465 e. The molecule has 0 amide bonds. The molecule has 0 radical (unpaired) electrons. The molecule has 3 rings (SSSR count). The van der Waals surface area contributed by atoms with E-state index in [2.05, 4.69) is 10.3 Å². The maximum absolute atomic E-state index is 11.8. The van der Waals surface area contributed by atoms with Crippen LogP contribution >= 0.6 is 11.6 Å². The standard InChI is InChI=1S/C17H13ClN2O2/c1-22-17(21)12-5-2-3-8-14(12)20-15-9-10-19-16-11(15)6-4-7-13(16)18/h2-10H,1H3,(H,19,20). The van der Waals surface area contributed by atoms with E-state index in [9.17, 15) is 4.79 Å². The van der Waals surface area contributed by atoms with Crippen LogP contribution in [0.2, 0.25) is 5.02 Å². The molecule has 2 aromatic carbocycles. The van der Waals surface area contributed by atoms with Crippen LogP contribution < -0.4 is 5.32 Å². The molecule has 3 aromatic rings. The summed E-state index contributed by atoms with van der Waals surface area (Å²) in [6.07, 6.45) is 1.68. The Balaban J connectivity index is 2.08. The van der Waals surface area contributed by atoms with Crippen LogP contribution in [0.3, 0.4) is 0 Å². The predicted octanol–water partition coefficient (Wildman–Crippen LogP) is 4.42. The highest BCUT2D eigenvalue weighted by Gasteiger charge is 2.12. The molecule has 0 saturated carbocycles. The number of anilines is 2. The van der Waals surface area contributed by atoms with Crippen LogP contribution in [0.4, 0.5) is 11.4 Å². The van der Waals surface area contributed by atoms with Crippen molar-refractivity contribution in [2.24, 2.45) is 0 Å². The lowest BCUT2D eigenvalue weighted by Crippen LogP contribution is -2.05. The first-order valence-electron chi connectivity index (χ1n) is 6.68. The fourth-order valence-corrected chi connectivity index (χ4v) is 2.50. The number of nitrogens with zero attached hydrogens (tertiary/aromatic N) is 1. The van der Waals surface area contributed by atoms with Crippen LogP contribution in [-0.4, -0.2) is 18.1 Å². The third kappa shape index (κ3) is 2.61. The van der Waals surface area contributed by atoms with Crippen molar-refractivity contribution in [1.29, 1.82) is 0 Å². The summed E-state index contributed by atoms with van der Waals surface area (Å²) in [5, 5.41) is 4.73. The molecule has 1 heterocycles. The van der Waals surface area contributed by atoms with Gasteiger partial charge < -0.3 is 10.1 Å². The number of rotatable bonds is 3. The average Bonchev–Trinajstić information content (AvgIpc) is 2.56. The fraction of sp³-hybridized carbons (Fsp3) is 0.0588. The van der Waals surface area contributed by atoms with E-state index < -0.39 is 0 Å². The normalized spacial score (nSPS) is 10.5. The molecule has 0 bridgehead atoms. The van der Waals surface area contributed by atoms with Crippen molar-refractivity contribution < 1.29 is 9.53 Å². The first kappa shape index (κ1) is 14.4. The number of halogens is 1. The van der Waals surface area contributed by atoms with E-state index in [4.69, 9.17) is 16.3 Å². The Labute approximate surface area is 132 Å². The molecule has 5 heteroatoms. The Morgan fingerprint density at radius 2 is 1.91 bits per heavy atom. The summed E-state index contributed by atoms with van der Waals surface area (Å²) in [4.78, 5) is 16.1.